The molecule has 0 bridgehead atoms. The molecule has 0 aliphatic carbocycles. The minimum absolute atomic E-state index is 0.0956. The Hall–Kier alpha value is -2.34. The van der Waals surface area contributed by atoms with E-state index >= 15 is 0 Å². The van der Waals surface area contributed by atoms with Crippen molar-refractivity contribution >= 4 is 11.9 Å². The first-order valence-electron chi connectivity index (χ1n) is 5.95. The Balaban J connectivity index is 2.66. The summed E-state index contributed by atoms with van der Waals surface area (Å²) in [7, 11) is 1.37. The fourth-order valence-electron chi connectivity index (χ4n) is 1.44. The number of carbonyl (C=O) groups excluding carboxylic acids is 1. The number of benzene rings is 1. The lowest BCUT2D eigenvalue weighted by Crippen LogP contribution is -2.43. The van der Waals surface area contributed by atoms with Crippen molar-refractivity contribution in [2.75, 3.05) is 20.3 Å². The molecule has 0 fully saturated rings. The first-order valence-corrected chi connectivity index (χ1v) is 5.95. The van der Waals surface area contributed by atoms with E-state index in [1.54, 1.807) is 30.3 Å². The van der Waals surface area contributed by atoms with Gasteiger partial charge < -0.3 is 19.9 Å². The van der Waals surface area contributed by atoms with Crippen LogP contribution in [0.15, 0.2) is 36.9 Å². The summed E-state index contributed by atoms with van der Waals surface area (Å²) in [6.07, 6.45) is 1.61. The van der Waals surface area contributed by atoms with Gasteiger partial charge in [-0.15, -0.1) is 0 Å². The molecule has 6 heteroatoms. The van der Waals surface area contributed by atoms with Crippen molar-refractivity contribution in [2.45, 2.75) is 6.04 Å². The van der Waals surface area contributed by atoms with Gasteiger partial charge in [0, 0.05) is 12.7 Å². The van der Waals surface area contributed by atoms with Crippen molar-refractivity contribution in [3.63, 3.8) is 0 Å². The van der Waals surface area contributed by atoms with Gasteiger partial charge >= 0.3 is 5.97 Å². The monoisotopic (exact) mass is 279 g/mol. The van der Waals surface area contributed by atoms with Gasteiger partial charge in [0.1, 0.15) is 12.4 Å². The number of carboxylic acids is 1. The largest absolute Gasteiger partial charge is 0.490 e. The fourth-order valence-corrected chi connectivity index (χ4v) is 1.44. The van der Waals surface area contributed by atoms with E-state index in [2.05, 4.69) is 11.9 Å². The molecule has 0 radical (unpaired) electrons. The number of hydrogen-bond donors (Lipinski definition) is 2. The molecular weight excluding hydrogens is 262 g/mol. The zero-order valence-electron chi connectivity index (χ0n) is 11.2. The van der Waals surface area contributed by atoms with Crippen LogP contribution in [0.25, 0.3) is 0 Å². The maximum atomic E-state index is 11.9. The van der Waals surface area contributed by atoms with Gasteiger partial charge in [0.05, 0.1) is 6.61 Å². The number of nitrogens with one attached hydrogen (secondary N) is 1. The quantitative estimate of drug-likeness (QED) is 0.696. The van der Waals surface area contributed by atoms with Crippen molar-refractivity contribution in [1.29, 1.82) is 0 Å². The molecule has 0 heterocycles. The van der Waals surface area contributed by atoms with Crippen molar-refractivity contribution < 1.29 is 24.2 Å². The number of hydrogen-bond acceptors (Lipinski definition) is 4. The molecule has 1 aromatic rings. The second-order valence-electron chi connectivity index (χ2n) is 3.94. The Morgan fingerprint density at radius 3 is 2.55 bits per heavy atom. The van der Waals surface area contributed by atoms with E-state index in [9.17, 15) is 9.59 Å². The highest BCUT2D eigenvalue weighted by atomic mass is 16.5. The molecule has 0 aliphatic rings. The molecule has 108 valence electrons. The standard InChI is InChI=1S/C14H17NO5/c1-3-8-20-11-6-4-10(5-7-11)13(16)15-12(9-19-2)14(17)18/h3-7,12H,1,8-9H2,2H3,(H,15,16)(H,17,18). The van der Waals surface area contributed by atoms with Gasteiger partial charge in [-0.1, -0.05) is 12.7 Å². The smallest absolute Gasteiger partial charge is 0.328 e. The van der Waals surface area contributed by atoms with Gasteiger partial charge in [-0.2, -0.15) is 0 Å². The molecule has 0 saturated carbocycles. The summed E-state index contributed by atoms with van der Waals surface area (Å²) in [5, 5.41) is 11.3. The number of methoxy groups -OCH3 is 1. The van der Waals surface area contributed by atoms with Gasteiger partial charge in [-0.05, 0) is 24.3 Å². The Morgan fingerprint density at radius 1 is 1.40 bits per heavy atom. The van der Waals surface area contributed by atoms with E-state index in [1.165, 1.54) is 7.11 Å². The molecule has 2 N–H and O–H groups in total. The molecule has 1 atom stereocenters. The molecule has 0 aliphatic heterocycles. The van der Waals surface area contributed by atoms with Gasteiger partial charge in [-0.25, -0.2) is 4.79 Å². The van der Waals surface area contributed by atoms with E-state index in [-0.39, 0.29) is 6.61 Å². The van der Waals surface area contributed by atoms with Crippen LogP contribution in [0.3, 0.4) is 0 Å². The van der Waals surface area contributed by atoms with Crippen LogP contribution < -0.4 is 10.1 Å². The second-order valence-corrected chi connectivity index (χ2v) is 3.94. The summed E-state index contributed by atoms with van der Waals surface area (Å²) in [5.74, 6) is -1.02. The lowest BCUT2D eigenvalue weighted by molar-refractivity contribution is -0.140. The summed E-state index contributed by atoms with van der Waals surface area (Å²) < 4.78 is 10.0. The highest BCUT2D eigenvalue weighted by Gasteiger charge is 2.20. The van der Waals surface area contributed by atoms with Crippen LogP contribution in [0.4, 0.5) is 0 Å². The van der Waals surface area contributed by atoms with Crippen LogP contribution in [0, 0.1) is 0 Å². The summed E-state index contributed by atoms with van der Waals surface area (Å²) in [6, 6.07) is 5.29. The summed E-state index contributed by atoms with van der Waals surface area (Å²) in [5.41, 5.74) is 0.346. The highest BCUT2D eigenvalue weighted by molar-refractivity contribution is 5.96. The molecule has 1 rings (SSSR count). The van der Waals surface area contributed by atoms with Gasteiger partial charge in [0.2, 0.25) is 0 Å². The van der Waals surface area contributed by atoms with Gasteiger partial charge in [0.15, 0.2) is 6.04 Å². The van der Waals surface area contributed by atoms with Crippen LogP contribution in [0.1, 0.15) is 10.4 Å². The molecule has 6 nitrogen and oxygen atoms in total. The number of rotatable bonds is 8. The second kappa shape index (κ2) is 7.96. The summed E-state index contributed by atoms with van der Waals surface area (Å²) in [4.78, 5) is 22.8. The average molecular weight is 279 g/mol. The number of carbonyl (C=O) groups is 2. The summed E-state index contributed by atoms with van der Waals surface area (Å²) >= 11 is 0. The van der Waals surface area contributed by atoms with Gasteiger partial charge in [0.25, 0.3) is 5.91 Å². The lowest BCUT2D eigenvalue weighted by atomic mass is 10.2. The predicted octanol–water partition coefficient (Wildman–Crippen LogP) is 1.08. The average Bonchev–Trinajstić information content (AvgIpc) is 2.45. The van der Waals surface area contributed by atoms with Crippen LogP contribution in [-0.2, 0) is 9.53 Å². The van der Waals surface area contributed by atoms with E-state index in [4.69, 9.17) is 14.6 Å². The van der Waals surface area contributed by atoms with Crippen molar-refractivity contribution in [3.8, 4) is 5.75 Å². The first kappa shape index (κ1) is 15.7. The Kier molecular flexibility index (Phi) is 6.25. The SMILES string of the molecule is C=CCOc1ccc(C(=O)NC(COC)C(=O)O)cc1. The van der Waals surface area contributed by atoms with E-state index < -0.39 is 17.9 Å². The molecular formula is C14H17NO5. The third-order valence-electron chi connectivity index (χ3n) is 2.42. The molecule has 0 spiro atoms. The van der Waals surface area contributed by atoms with Gasteiger partial charge in [-0.3, -0.25) is 4.79 Å². The Morgan fingerprint density at radius 2 is 2.05 bits per heavy atom. The maximum absolute atomic E-state index is 11.9. The van der Waals surface area contributed by atoms with E-state index in [1.807, 2.05) is 0 Å². The number of aliphatic carboxylic acids is 1. The number of ether oxygens (including phenoxy) is 2. The van der Waals surface area contributed by atoms with Crippen molar-refractivity contribution in [1.82, 2.24) is 5.32 Å². The first-order chi connectivity index (χ1) is 9.58. The number of amides is 1. The molecule has 1 amide bonds. The predicted molar refractivity (Wildman–Crippen MR) is 72.9 cm³/mol. The Bertz CT molecular complexity index is 469. The van der Waals surface area contributed by atoms with Crippen LogP contribution in [0.5, 0.6) is 5.75 Å². The molecule has 20 heavy (non-hydrogen) atoms. The highest BCUT2D eigenvalue weighted by Crippen LogP contribution is 2.12. The molecule has 0 aromatic heterocycles. The molecule has 0 saturated heterocycles. The Labute approximate surface area is 117 Å². The van der Waals surface area contributed by atoms with Crippen LogP contribution >= 0.6 is 0 Å². The molecule has 1 aromatic carbocycles. The topological polar surface area (TPSA) is 84.9 Å². The third kappa shape index (κ3) is 4.74. The minimum Gasteiger partial charge on any atom is -0.490 e. The normalized spacial score (nSPS) is 11.4. The van der Waals surface area contributed by atoms with Crippen molar-refractivity contribution in [2.24, 2.45) is 0 Å². The van der Waals surface area contributed by atoms with E-state index in [0.29, 0.717) is 17.9 Å². The van der Waals surface area contributed by atoms with Crippen LogP contribution in [0.2, 0.25) is 0 Å². The summed E-state index contributed by atoms with van der Waals surface area (Å²) in [6.45, 7) is 3.81. The zero-order valence-corrected chi connectivity index (χ0v) is 11.2. The van der Waals surface area contributed by atoms with Crippen molar-refractivity contribution in [3.05, 3.63) is 42.5 Å². The van der Waals surface area contributed by atoms with Crippen LogP contribution in [-0.4, -0.2) is 43.3 Å². The van der Waals surface area contributed by atoms with E-state index in [0.717, 1.165) is 0 Å². The minimum atomic E-state index is -1.15. The maximum Gasteiger partial charge on any atom is 0.328 e. The zero-order chi connectivity index (χ0) is 15.0. The third-order valence-corrected chi connectivity index (χ3v) is 2.42. The fraction of sp³-hybridized carbons (Fsp3) is 0.286. The number of carboxylic acid groups (broad SMARTS) is 1. The lowest BCUT2D eigenvalue weighted by Gasteiger charge is -2.13. The molecule has 1 unspecified atom stereocenters.